The van der Waals surface area contributed by atoms with Gasteiger partial charge in [-0.25, -0.2) is 0 Å². The van der Waals surface area contributed by atoms with Crippen molar-refractivity contribution in [2.75, 3.05) is 6.54 Å². The molecule has 0 atom stereocenters. The quantitative estimate of drug-likeness (QED) is 0.178. The lowest BCUT2D eigenvalue weighted by Crippen LogP contribution is -2.22. The molecule has 1 aromatic heterocycles. The number of amidine groups is 1. The van der Waals surface area contributed by atoms with Crippen LogP contribution in [0.15, 0.2) is 15.3 Å². The molecule has 1 aromatic rings. The van der Waals surface area contributed by atoms with E-state index in [9.17, 15) is 4.79 Å². The van der Waals surface area contributed by atoms with E-state index in [4.69, 9.17) is 10.9 Å². The summed E-state index contributed by atoms with van der Waals surface area (Å²) >= 11 is 1.13. The second-order valence-electron chi connectivity index (χ2n) is 2.69. The van der Waals surface area contributed by atoms with Crippen LogP contribution in [0.2, 0.25) is 0 Å². The van der Waals surface area contributed by atoms with Crippen molar-refractivity contribution in [2.45, 2.75) is 13.0 Å². The number of hydrogen-bond donors (Lipinski definition) is 4. The van der Waals surface area contributed by atoms with Gasteiger partial charge in [-0.1, -0.05) is 16.5 Å². The average molecular weight is 216 g/mol. The van der Waals surface area contributed by atoms with Gasteiger partial charge in [-0.2, -0.15) is 0 Å². The zero-order valence-electron chi connectivity index (χ0n) is 7.49. The summed E-state index contributed by atoms with van der Waals surface area (Å²) in [6.07, 6.45) is 0.477. The van der Waals surface area contributed by atoms with Gasteiger partial charge < -0.3 is 21.2 Å². The van der Waals surface area contributed by atoms with Crippen molar-refractivity contribution < 1.29 is 5.21 Å². The van der Waals surface area contributed by atoms with Gasteiger partial charge in [-0.05, 0) is 0 Å². The Morgan fingerprint density at radius 2 is 2.57 bits per heavy atom. The predicted molar refractivity (Wildman–Crippen MR) is 54.7 cm³/mol. The maximum Gasteiger partial charge on any atom is 0.304 e. The summed E-state index contributed by atoms with van der Waals surface area (Å²) in [5.41, 5.74) is 6.11. The first kappa shape index (κ1) is 10.7. The first-order chi connectivity index (χ1) is 6.72. The summed E-state index contributed by atoms with van der Waals surface area (Å²) < 4.78 is 0. The van der Waals surface area contributed by atoms with Crippen molar-refractivity contribution >= 4 is 17.2 Å². The predicted octanol–water partition coefficient (Wildman–Crippen LogP) is -0.338. The lowest BCUT2D eigenvalue weighted by atomic mass is 10.4. The molecule has 78 valence electrons. The molecule has 5 N–H and O–H groups in total. The molecule has 6 nitrogen and oxygen atoms in total. The highest BCUT2D eigenvalue weighted by Gasteiger charge is 1.96. The van der Waals surface area contributed by atoms with Gasteiger partial charge in [0, 0.05) is 30.6 Å². The van der Waals surface area contributed by atoms with E-state index < -0.39 is 0 Å². The molecule has 0 aliphatic heterocycles. The molecule has 0 bridgehead atoms. The fourth-order valence-electron chi connectivity index (χ4n) is 0.890. The fourth-order valence-corrected chi connectivity index (χ4v) is 1.47. The third-order valence-corrected chi connectivity index (χ3v) is 2.29. The third kappa shape index (κ3) is 3.58. The average Bonchev–Trinajstić information content (AvgIpc) is 2.58. The molecule has 7 heteroatoms. The third-order valence-electron chi connectivity index (χ3n) is 1.57. The van der Waals surface area contributed by atoms with E-state index in [0.29, 0.717) is 19.5 Å². The summed E-state index contributed by atoms with van der Waals surface area (Å²) in [6.45, 7) is 1.19. The number of nitrogens with zero attached hydrogens (tertiary/aromatic N) is 1. The number of H-pyrrole nitrogens is 1. The van der Waals surface area contributed by atoms with Gasteiger partial charge in [0.25, 0.3) is 0 Å². The number of thiazole rings is 1. The van der Waals surface area contributed by atoms with Crippen LogP contribution in [0.4, 0.5) is 0 Å². The normalized spacial score (nSPS) is 11.9. The van der Waals surface area contributed by atoms with Gasteiger partial charge in [0.05, 0.1) is 0 Å². The molecule has 0 radical (unpaired) electrons. The Bertz CT molecular complexity index is 357. The Balaban J connectivity index is 2.19. The Kier molecular flexibility index (Phi) is 4.14. The Hall–Kier alpha value is -1.34. The van der Waals surface area contributed by atoms with Crippen molar-refractivity contribution in [3.63, 3.8) is 0 Å². The number of oxime groups is 1. The van der Waals surface area contributed by atoms with Crippen LogP contribution >= 0.6 is 11.3 Å². The number of hydrogen-bond acceptors (Lipinski definition) is 5. The number of rotatable bonds is 5. The van der Waals surface area contributed by atoms with Crippen LogP contribution in [0.5, 0.6) is 0 Å². The van der Waals surface area contributed by atoms with Crippen LogP contribution in [0.3, 0.4) is 0 Å². The SMILES string of the molecule is NC(CCNCc1csc(=O)[nH]1)=NO. The molecule has 1 heterocycles. The van der Waals surface area contributed by atoms with Gasteiger partial charge in [0.2, 0.25) is 0 Å². The summed E-state index contributed by atoms with van der Waals surface area (Å²) in [5, 5.41) is 15.9. The second-order valence-corrected chi connectivity index (χ2v) is 3.53. The molecular weight excluding hydrogens is 204 g/mol. The van der Waals surface area contributed by atoms with Crippen LogP contribution < -0.4 is 15.9 Å². The van der Waals surface area contributed by atoms with Crippen molar-refractivity contribution in [2.24, 2.45) is 10.9 Å². The van der Waals surface area contributed by atoms with Crippen LogP contribution in [-0.4, -0.2) is 22.6 Å². The molecular formula is C7H12N4O2S. The van der Waals surface area contributed by atoms with Crippen molar-refractivity contribution in [1.82, 2.24) is 10.3 Å². The van der Waals surface area contributed by atoms with Crippen LogP contribution in [0.1, 0.15) is 12.1 Å². The van der Waals surface area contributed by atoms with E-state index in [-0.39, 0.29) is 10.7 Å². The number of aromatic nitrogens is 1. The van der Waals surface area contributed by atoms with E-state index in [2.05, 4.69) is 15.5 Å². The van der Waals surface area contributed by atoms with Crippen molar-refractivity contribution in [3.05, 3.63) is 20.7 Å². The first-order valence-electron chi connectivity index (χ1n) is 4.06. The minimum absolute atomic E-state index is 0.0572. The van der Waals surface area contributed by atoms with Gasteiger partial charge in [-0.15, -0.1) is 0 Å². The van der Waals surface area contributed by atoms with Crippen molar-refractivity contribution in [3.8, 4) is 0 Å². The lowest BCUT2D eigenvalue weighted by molar-refractivity contribution is 0.316. The fraction of sp³-hybridized carbons (Fsp3) is 0.429. The second kappa shape index (κ2) is 5.40. The highest BCUT2D eigenvalue weighted by molar-refractivity contribution is 7.07. The molecule has 0 aliphatic carbocycles. The van der Waals surface area contributed by atoms with Gasteiger partial charge in [0.1, 0.15) is 5.84 Å². The molecule has 0 aromatic carbocycles. The van der Waals surface area contributed by atoms with E-state index in [1.165, 1.54) is 0 Å². The Morgan fingerprint density at radius 3 is 3.14 bits per heavy atom. The maximum absolute atomic E-state index is 10.7. The van der Waals surface area contributed by atoms with Crippen molar-refractivity contribution in [1.29, 1.82) is 0 Å². The molecule has 0 fully saturated rings. The van der Waals surface area contributed by atoms with Gasteiger partial charge in [-0.3, -0.25) is 4.79 Å². The molecule has 0 saturated carbocycles. The summed E-state index contributed by atoms with van der Waals surface area (Å²) in [7, 11) is 0. The largest absolute Gasteiger partial charge is 0.409 e. The molecule has 1 rings (SSSR count). The van der Waals surface area contributed by atoms with Gasteiger partial charge >= 0.3 is 4.87 Å². The molecule has 0 unspecified atom stereocenters. The van der Waals surface area contributed by atoms with E-state index in [1.807, 2.05) is 0 Å². The molecule has 0 saturated heterocycles. The highest BCUT2D eigenvalue weighted by Crippen LogP contribution is 1.94. The number of nitrogens with two attached hydrogens (primary N) is 1. The monoisotopic (exact) mass is 216 g/mol. The zero-order valence-corrected chi connectivity index (χ0v) is 8.30. The lowest BCUT2D eigenvalue weighted by Gasteiger charge is -2.01. The van der Waals surface area contributed by atoms with E-state index in [1.54, 1.807) is 5.38 Å². The van der Waals surface area contributed by atoms with Crippen LogP contribution in [-0.2, 0) is 6.54 Å². The minimum atomic E-state index is -0.0572. The molecule has 0 spiro atoms. The minimum Gasteiger partial charge on any atom is -0.409 e. The topological polar surface area (TPSA) is 104 Å². The number of aromatic amines is 1. The maximum atomic E-state index is 10.7. The number of nitrogens with one attached hydrogen (secondary N) is 2. The molecule has 0 amide bonds. The highest BCUT2D eigenvalue weighted by atomic mass is 32.1. The summed E-state index contributed by atoms with van der Waals surface area (Å²) in [4.78, 5) is 13.4. The molecule has 14 heavy (non-hydrogen) atoms. The first-order valence-corrected chi connectivity index (χ1v) is 4.94. The smallest absolute Gasteiger partial charge is 0.304 e. The summed E-state index contributed by atoms with van der Waals surface area (Å²) in [6, 6.07) is 0. The van der Waals surface area contributed by atoms with E-state index >= 15 is 0 Å². The van der Waals surface area contributed by atoms with Crippen LogP contribution in [0, 0.1) is 0 Å². The van der Waals surface area contributed by atoms with E-state index in [0.717, 1.165) is 17.0 Å². The molecule has 0 aliphatic rings. The standard InChI is InChI=1S/C7H12N4O2S/c8-6(11-13)1-2-9-3-5-4-14-7(12)10-5/h4,9,13H,1-3H2,(H2,8,11)(H,10,12). The summed E-state index contributed by atoms with van der Waals surface area (Å²) in [5.74, 6) is 0.191. The zero-order chi connectivity index (χ0) is 10.4. The van der Waals surface area contributed by atoms with Crippen LogP contribution in [0.25, 0.3) is 0 Å². The Labute approximate surface area is 84.4 Å². The Morgan fingerprint density at radius 1 is 1.79 bits per heavy atom. The van der Waals surface area contributed by atoms with Gasteiger partial charge in [0.15, 0.2) is 0 Å².